The zero-order chi connectivity index (χ0) is 17.1. The molecule has 0 heterocycles. The molecule has 5 heteroatoms. The van der Waals surface area contributed by atoms with E-state index in [0.717, 1.165) is 25.0 Å². The van der Waals surface area contributed by atoms with Gasteiger partial charge in [0.15, 0.2) is 6.10 Å². The monoisotopic (exact) mass is 391 g/mol. The van der Waals surface area contributed by atoms with Gasteiger partial charge in [-0.05, 0) is 68.0 Å². The lowest BCUT2D eigenvalue weighted by Crippen LogP contribution is -2.31. The average molecular weight is 392 g/mol. The Bertz CT molecular complexity index is 763. The van der Waals surface area contributed by atoms with Gasteiger partial charge in [-0.2, -0.15) is 0 Å². The van der Waals surface area contributed by atoms with E-state index in [0.29, 0.717) is 4.47 Å². The summed E-state index contributed by atoms with van der Waals surface area (Å²) in [6, 6.07) is 10.5. The number of benzene rings is 2. The molecule has 0 radical (unpaired) electrons. The summed E-state index contributed by atoms with van der Waals surface area (Å²) in [5, 5.41) is 2.58. The molecule has 0 aliphatic heterocycles. The van der Waals surface area contributed by atoms with Crippen molar-refractivity contribution >= 4 is 27.5 Å². The predicted molar refractivity (Wildman–Crippen MR) is 95.9 cm³/mol. The Balaban J connectivity index is 1.71. The molecule has 0 spiro atoms. The predicted octanol–water partition coefficient (Wildman–Crippen LogP) is 4.87. The highest BCUT2D eigenvalue weighted by Crippen LogP contribution is 2.30. The first kappa shape index (κ1) is 17.0. The Kier molecular flexibility index (Phi) is 5.19. The molecule has 1 aliphatic rings. The zero-order valence-electron chi connectivity index (χ0n) is 13.4. The van der Waals surface area contributed by atoms with Crippen molar-refractivity contribution in [2.24, 2.45) is 0 Å². The molecule has 1 unspecified atom stereocenters. The molecule has 3 rings (SSSR count). The van der Waals surface area contributed by atoms with E-state index >= 15 is 0 Å². The van der Waals surface area contributed by atoms with E-state index in [1.807, 2.05) is 12.1 Å². The highest BCUT2D eigenvalue weighted by Gasteiger charge is 2.20. The molecular formula is C19H19BrFNO2. The van der Waals surface area contributed by atoms with Crippen molar-refractivity contribution in [1.82, 2.24) is 0 Å². The third kappa shape index (κ3) is 3.78. The number of fused-ring (bicyclic) bond motifs is 1. The van der Waals surface area contributed by atoms with Gasteiger partial charge in [-0.15, -0.1) is 0 Å². The molecule has 0 fully saturated rings. The van der Waals surface area contributed by atoms with E-state index in [1.54, 1.807) is 13.0 Å². The molecule has 1 atom stereocenters. The van der Waals surface area contributed by atoms with Crippen molar-refractivity contribution in [3.05, 3.63) is 57.8 Å². The summed E-state index contributed by atoms with van der Waals surface area (Å²) in [6.45, 7) is 1.67. The van der Waals surface area contributed by atoms with Gasteiger partial charge in [0.2, 0.25) is 0 Å². The van der Waals surface area contributed by atoms with Gasteiger partial charge >= 0.3 is 0 Å². The zero-order valence-corrected chi connectivity index (χ0v) is 15.0. The summed E-state index contributed by atoms with van der Waals surface area (Å²) in [5.41, 5.74) is 2.64. The summed E-state index contributed by atoms with van der Waals surface area (Å²) in [5.74, 6) is -0.0993. The third-order valence-corrected chi connectivity index (χ3v) is 4.71. The minimum Gasteiger partial charge on any atom is -0.481 e. The second kappa shape index (κ2) is 7.34. The number of ether oxygens (including phenoxy) is 1. The molecule has 126 valence electrons. The molecular weight excluding hydrogens is 373 g/mol. The minimum absolute atomic E-state index is 0.147. The van der Waals surface area contributed by atoms with Crippen LogP contribution in [0.1, 0.15) is 30.9 Å². The van der Waals surface area contributed by atoms with Crippen molar-refractivity contribution in [3.63, 3.8) is 0 Å². The molecule has 0 aromatic heterocycles. The summed E-state index contributed by atoms with van der Waals surface area (Å²) < 4.78 is 20.3. The second-order valence-corrected chi connectivity index (χ2v) is 6.89. The van der Waals surface area contributed by atoms with Gasteiger partial charge < -0.3 is 10.1 Å². The lowest BCUT2D eigenvalue weighted by atomic mass is 9.91. The summed E-state index contributed by atoms with van der Waals surface area (Å²) >= 11 is 3.19. The van der Waals surface area contributed by atoms with Gasteiger partial charge in [0, 0.05) is 4.47 Å². The van der Waals surface area contributed by atoms with Crippen molar-refractivity contribution in [1.29, 1.82) is 0 Å². The van der Waals surface area contributed by atoms with Gasteiger partial charge in [0.25, 0.3) is 5.91 Å². The van der Waals surface area contributed by atoms with E-state index < -0.39 is 11.9 Å². The number of amides is 1. The lowest BCUT2D eigenvalue weighted by Gasteiger charge is -2.22. The van der Waals surface area contributed by atoms with Crippen LogP contribution in [0.15, 0.2) is 40.9 Å². The number of halogens is 2. The Morgan fingerprint density at radius 1 is 1.25 bits per heavy atom. The number of aryl methyl sites for hydroxylation is 1. The van der Waals surface area contributed by atoms with Crippen molar-refractivity contribution in [2.75, 3.05) is 5.32 Å². The first-order valence-electron chi connectivity index (χ1n) is 8.08. The van der Waals surface area contributed by atoms with Gasteiger partial charge in [0.1, 0.15) is 11.6 Å². The second-order valence-electron chi connectivity index (χ2n) is 5.97. The van der Waals surface area contributed by atoms with Crippen LogP contribution in [0.4, 0.5) is 10.1 Å². The quantitative estimate of drug-likeness (QED) is 0.806. The smallest absolute Gasteiger partial charge is 0.265 e. The van der Waals surface area contributed by atoms with Crippen molar-refractivity contribution < 1.29 is 13.9 Å². The minimum atomic E-state index is -0.707. The molecule has 2 aromatic rings. The third-order valence-electron chi connectivity index (χ3n) is 4.21. The van der Waals surface area contributed by atoms with E-state index in [4.69, 9.17) is 4.74 Å². The molecule has 1 amide bonds. The van der Waals surface area contributed by atoms with Crippen molar-refractivity contribution in [3.8, 4) is 5.75 Å². The van der Waals surface area contributed by atoms with Crippen LogP contribution in [0.2, 0.25) is 0 Å². The first-order chi connectivity index (χ1) is 11.5. The van der Waals surface area contributed by atoms with Crippen LogP contribution in [0, 0.1) is 5.82 Å². The van der Waals surface area contributed by atoms with Gasteiger partial charge in [-0.25, -0.2) is 4.39 Å². The fourth-order valence-corrected chi connectivity index (χ4v) is 3.26. The Labute approximate surface area is 149 Å². The molecule has 1 N–H and O–H groups in total. The molecule has 0 bridgehead atoms. The van der Waals surface area contributed by atoms with Crippen molar-refractivity contribution in [2.45, 2.75) is 38.7 Å². The highest BCUT2D eigenvalue weighted by molar-refractivity contribution is 9.10. The number of anilines is 1. The van der Waals surface area contributed by atoms with E-state index in [-0.39, 0.29) is 11.6 Å². The number of hydrogen-bond donors (Lipinski definition) is 1. The Hall–Kier alpha value is -1.88. The van der Waals surface area contributed by atoms with Crippen LogP contribution >= 0.6 is 15.9 Å². The standard InChI is InChI=1S/C19H19BrFNO2/c1-12(19(23)22-17-10-9-14(20)11-16(17)21)24-18-8-4-6-13-5-2-3-7-15(13)18/h4,6,8-12H,2-3,5,7H2,1H3,(H,22,23). The Morgan fingerprint density at radius 2 is 2.04 bits per heavy atom. The number of rotatable bonds is 4. The summed E-state index contributed by atoms with van der Waals surface area (Å²) in [4.78, 5) is 12.3. The topological polar surface area (TPSA) is 38.3 Å². The first-order valence-corrected chi connectivity index (χ1v) is 8.87. The average Bonchev–Trinajstić information content (AvgIpc) is 2.57. The van der Waals surface area contributed by atoms with Crippen LogP contribution in [0.3, 0.4) is 0 Å². The van der Waals surface area contributed by atoms with Gasteiger partial charge in [-0.3, -0.25) is 4.79 Å². The Morgan fingerprint density at radius 3 is 2.83 bits per heavy atom. The number of nitrogens with one attached hydrogen (secondary N) is 1. The SMILES string of the molecule is CC(Oc1cccc2c1CCCC2)C(=O)Nc1ccc(Br)cc1F. The summed E-state index contributed by atoms with van der Waals surface area (Å²) in [6.07, 6.45) is 3.65. The highest BCUT2D eigenvalue weighted by atomic mass is 79.9. The van der Waals surface area contributed by atoms with Crippen LogP contribution in [0.25, 0.3) is 0 Å². The number of hydrogen-bond acceptors (Lipinski definition) is 2. The van der Waals surface area contributed by atoms with E-state index in [1.165, 1.54) is 29.7 Å². The van der Waals surface area contributed by atoms with Crippen LogP contribution < -0.4 is 10.1 Å². The molecule has 0 saturated carbocycles. The number of carbonyl (C=O) groups excluding carboxylic acids is 1. The molecule has 24 heavy (non-hydrogen) atoms. The maximum absolute atomic E-state index is 13.8. The van der Waals surface area contributed by atoms with E-state index in [2.05, 4.69) is 27.3 Å². The van der Waals surface area contributed by atoms with Crippen LogP contribution in [-0.2, 0) is 17.6 Å². The maximum atomic E-state index is 13.8. The molecule has 0 saturated heterocycles. The molecule has 3 nitrogen and oxygen atoms in total. The fraction of sp³-hybridized carbons (Fsp3) is 0.316. The fourth-order valence-electron chi connectivity index (χ4n) is 2.93. The molecule has 2 aromatic carbocycles. The molecule has 1 aliphatic carbocycles. The van der Waals surface area contributed by atoms with Gasteiger partial charge in [-0.1, -0.05) is 28.1 Å². The number of carbonyl (C=O) groups is 1. The van der Waals surface area contributed by atoms with Gasteiger partial charge in [0.05, 0.1) is 5.69 Å². The largest absolute Gasteiger partial charge is 0.481 e. The lowest BCUT2D eigenvalue weighted by molar-refractivity contribution is -0.122. The van der Waals surface area contributed by atoms with Crippen LogP contribution in [-0.4, -0.2) is 12.0 Å². The normalized spacial score (nSPS) is 14.6. The summed E-state index contributed by atoms with van der Waals surface area (Å²) in [7, 11) is 0. The maximum Gasteiger partial charge on any atom is 0.265 e. The van der Waals surface area contributed by atoms with Crippen LogP contribution in [0.5, 0.6) is 5.75 Å². The van der Waals surface area contributed by atoms with E-state index in [9.17, 15) is 9.18 Å².